The van der Waals surface area contributed by atoms with Gasteiger partial charge in [0.25, 0.3) is 0 Å². The second-order valence-electron chi connectivity index (χ2n) is 6.94. The Hall–Kier alpha value is -2.16. The predicted octanol–water partition coefficient (Wildman–Crippen LogP) is 5.94. The molecule has 0 unspecified atom stereocenters. The summed E-state index contributed by atoms with van der Waals surface area (Å²) in [6.07, 6.45) is 0. The molecule has 0 saturated heterocycles. The summed E-state index contributed by atoms with van der Waals surface area (Å²) in [5.74, 6) is 0. The highest BCUT2D eigenvalue weighted by Crippen LogP contribution is 2.32. The van der Waals surface area contributed by atoms with Crippen molar-refractivity contribution in [1.82, 2.24) is 0 Å². The molecule has 0 bridgehead atoms. The maximum atomic E-state index is 4.73. The number of hydrogen-bond donors (Lipinski definition) is 0. The molecule has 0 N–H and O–H groups in total. The van der Waals surface area contributed by atoms with Crippen LogP contribution in [0.1, 0.15) is 31.9 Å². The molecule has 0 aliphatic rings. The van der Waals surface area contributed by atoms with E-state index in [9.17, 15) is 0 Å². The Morgan fingerprint density at radius 1 is 0.720 bits per heavy atom. The lowest BCUT2D eigenvalue weighted by Gasteiger charge is -2.23. The quantitative estimate of drug-likeness (QED) is 0.534. The first-order chi connectivity index (χ1) is 12.0. The lowest BCUT2D eigenvalue weighted by atomic mass is 9.82. The summed E-state index contributed by atoms with van der Waals surface area (Å²) >= 11 is 0. The van der Waals surface area contributed by atoms with Gasteiger partial charge in [-0.15, -0.1) is 0 Å². The predicted molar refractivity (Wildman–Crippen MR) is 108 cm³/mol. The summed E-state index contributed by atoms with van der Waals surface area (Å²) in [4.78, 5) is 0. The van der Waals surface area contributed by atoms with Crippen molar-refractivity contribution in [2.24, 2.45) is 0 Å². The van der Waals surface area contributed by atoms with Crippen LogP contribution in [0.25, 0.3) is 11.1 Å². The zero-order chi connectivity index (χ0) is 18.1. The monoisotopic (exact) mass is 345 g/mol. The van der Waals surface area contributed by atoms with E-state index in [1.54, 1.807) is 0 Å². The third-order valence-electron chi connectivity index (χ3n) is 3.90. The fraction of sp³-hybridized carbons (Fsp3) is 0.217. The largest absolute Gasteiger partial charge is 0.414 e. The highest BCUT2D eigenvalue weighted by molar-refractivity contribution is 5.97. The van der Waals surface area contributed by atoms with Crippen molar-refractivity contribution in [2.75, 3.05) is 0 Å². The van der Waals surface area contributed by atoms with E-state index < -0.39 is 0 Å². The van der Waals surface area contributed by atoms with Gasteiger partial charge in [-0.05, 0) is 27.7 Å². The van der Waals surface area contributed by atoms with Crippen LogP contribution < -0.4 is 0 Å². The van der Waals surface area contributed by atoms with Crippen molar-refractivity contribution in [3.05, 3.63) is 96.1 Å². The van der Waals surface area contributed by atoms with Crippen molar-refractivity contribution >= 4 is 10.5 Å². The van der Waals surface area contributed by atoms with Gasteiger partial charge in [0.2, 0.25) is 10.5 Å². The van der Waals surface area contributed by atoms with Gasteiger partial charge in [0, 0.05) is 0 Å². The van der Waals surface area contributed by atoms with Gasteiger partial charge >= 0.3 is 0 Å². The van der Waals surface area contributed by atoms with Gasteiger partial charge in [0.15, 0.2) is 0 Å². The SMILES string of the molecule is CC(C)(C)c1ccccc1-c1ccccc1.[Si]OCc1ccccc1. The Kier molecular flexibility index (Phi) is 7.17. The molecule has 0 heterocycles. The molecule has 0 aliphatic heterocycles. The summed E-state index contributed by atoms with van der Waals surface area (Å²) in [6.45, 7) is 7.40. The van der Waals surface area contributed by atoms with Gasteiger partial charge in [0.1, 0.15) is 0 Å². The van der Waals surface area contributed by atoms with E-state index >= 15 is 0 Å². The van der Waals surface area contributed by atoms with Crippen LogP contribution >= 0.6 is 0 Å². The number of hydrogen-bond acceptors (Lipinski definition) is 1. The minimum absolute atomic E-state index is 0.187. The molecule has 0 spiro atoms. The molecule has 3 rings (SSSR count). The Labute approximate surface area is 155 Å². The number of benzene rings is 3. The first-order valence-electron chi connectivity index (χ1n) is 8.50. The minimum Gasteiger partial charge on any atom is -0.414 e. The molecule has 0 atom stereocenters. The zero-order valence-electron chi connectivity index (χ0n) is 15.2. The van der Waals surface area contributed by atoms with Crippen LogP contribution in [0.2, 0.25) is 0 Å². The van der Waals surface area contributed by atoms with Crippen molar-refractivity contribution in [3.8, 4) is 11.1 Å². The van der Waals surface area contributed by atoms with E-state index in [0.29, 0.717) is 6.61 Å². The van der Waals surface area contributed by atoms with E-state index in [1.165, 1.54) is 22.3 Å². The lowest BCUT2D eigenvalue weighted by Crippen LogP contribution is -2.12. The molecule has 3 aromatic rings. The van der Waals surface area contributed by atoms with Crippen LogP contribution in [0, 0.1) is 0 Å². The molecule has 0 saturated carbocycles. The third kappa shape index (κ3) is 6.00. The van der Waals surface area contributed by atoms with E-state index in [1.807, 2.05) is 30.3 Å². The van der Waals surface area contributed by atoms with E-state index in [4.69, 9.17) is 4.43 Å². The average Bonchev–Trinajstić information content (AvgIpc) is 2.63. The fourth-order valence-electron chi connectivity index (χ4n) is 2.66. The van der Waals surface area contributed by atoms with Gasteiger partial charge < -0.3 is 4.43 Å². The van der Waals surface area contributed by atoms with Crippen molar-refractivity contribution in [3.63, 3.8) is 0 Å². The highest BCUT2D eigenvalue weighted by Gasteiger charge is 2.17. The van der Waals surface area contributed by atoms with Gasteiger partial charge in [-0.2, -0.15) is 0 Å². The first kappa shape index (κ1) is 19.2. The Balaban J connectivity index is 0.000000212. The standard InChI is InChI=1S/C16H18.C7H7OSi/c1-16(2,3)15-12-8-7-11-14(15)13-9-5-4-6-10-13;9-8-6-7-4-2-1-3-5-7/h4-12H,1-3H3;1-5H,6H2. The third-order valence-corrected chi connectivity index (χ3v) is 4.05. The second kappa shape index (κ2) is 9.35. The normalized spacial score (nSPS) is 10.7. The summed E-state index contributed by atoms with van der Waals surface area (Å²) in [7, 11) is 2.93. The molecule has 25 heavy (non-hydrogen) atoms. The van der Waals surface area contributed by atoms with Gasteiger partial charge in [-0.1, -0.05) is 106 Å². The highest BCUT2D eigenvalue weighted by atomic mass is 28.2. The molecule has 1 nitrogen and oxygen atoms in total. The number of rotatable bonds is 3. The van der Waals surface area contributed by atoms with Crippen LogP contribution in [0.4, 0.5) is 0 Å². The molecule has 0 amide bonds. The van der Waals surface area contributed by atoms with Gasteiger partial charge in [-0.3, -0.25) is 0 Å². The molecule has 2 heteroatoms. The van der Waals surface area contributed by atoms with Crippen LogP contribution in [-0.2, 0) is 16.4 Å². The van der Waals surface area contributed by atoms with Crippen LogP contribution in [0.3, 0.4) is 0 Å². The van der Waals surface area contributed by atoms with Crippen molar-refractivity contribution in [1.29, 1.82) is 0 Å². The molecule has 3 radical (unpaired) electrons. The van der Waals surface area contributed by atoms with Crippen LogP contribution in [-0.4, -0.2) is 10.5 Å². The maximum Gasteiger partial charge on any atom is 0.246 e. The molecule has 0 aliphatic carbocycles. The fourth-order valence-corrected chi connectivity index (χ4v) is 2.83. The van der Waals surface area contributed by atoms with Gasteiger partial charge in [-0.25, -0.2) is 0 Å². The summed E-state index contributed by atoms with van der Waals surface area (Å²) in [5.41, 5.74) is 5.41. The Bertz CT molecular complexity index is 746. The van der Waals surface area contributed by atoms with Crippen molar-refractivity contribution < 1.29 is 4.43 Å². The zero-order valence-corrected chi connectivity index (χ0v) is 16.2. The first-order valence-corrected chi connectivity index (χ1v) is 8.90. The maximum absolute atomic E-state index is 4.73. The smallest absolute Gasteiger partial charge is 0.246 e. The summed E-state index contributed by atoms with van der Waals surface area (Å²) in [5, 5.41) is 0. The van der Waals surface area contributed by atoms with E-state index in [-0.39, 0.29) is 5.41 Å². The molecular weight excluding hydrogens is 320 g/mol. The molecular formula is C23H25OSi. The van der Waals surface area contributed by atoms with E-state index in [2.05, 4.69) is 85.9 Å². The Morgan fingerprint density at radius 2 is 1.24 bits per heavy atom. The minimum atomic E-state index is 0.187. The van der Waals surface area contributed by atoms with E-state index in [0.717, 1.165) is 0 Å². The summed E-state index contributed by atoms with van der Waals surface area (Å²) < 4.78 is 4.73. The Morgan fingerprint density at radius 3 is 1.80 bits per heavy atom. The molecule has 0 aromatic heterocycles. The second-order valence-corrected chi connectivity index (χ2v) is 7.22. The molecule has 3 aromatic carbocycles. The van der Waals surface area contributed by atoms with Crippen molar-refractivity contribution in [2.45, 2.75) is 32.8 Å². The van der Waals surface area contributed by atoms with Crippen LogP contribution in [0.5, 0.6) is 0 Å². The topological polar surface area (TPSA) is 9.23 Å². The molecule has 0 fully saturated rings. The summed E-state index contributed by atoms with van der Waals surface area (Å²) in [6, 6.07) is 29.2. The lowest BCUT2D eigenvalue weighted by molar-refractivity contribution is 0.338. The van der Waals surface area contributed by atoms with Crippen LogP contribution in [0.15, 0.2) is 84.9 Å². The van der Waals surface area contributed by atoms with Gasteiger partial charge in [0.05, 0.1) is 6.61 Å². The molecule has 127 valence electrons. The average molecular weight is 346 g/mol.